The van der Waals surface area contributed by atoms with E-state index in [2.05, 4.69) is 242 Å². The molecule has 67 heavy (non-hydrogen) atoms. The molecule has 4 heteroatoms. The highest BCUT2D eigenvalue weighted by atomic mass is 15.1. The highest BCUT2D eigenvalue weighted by Crippen LogP contribution is 2.37. The molecule has 0 radical (unpaired) electrons. The maximum Gasteiger partial charge on any atom is 0.175 e. The van der Waals surface area contributed by atoms with Crippen LogP contribution in [0.15, 0.2) is 254 Å². The van der Waals surface area contributed by atoms with E-state index in [1.807, 2.05) is 12.1 Å². The molecule has 0 bridgehead atoms. The average molecular weight is 865 g/mol. The van der Waals surface area contributed by atoms with Gasteiger partial charge in [0.05, 0.1) is 22.8 Å². The Bertz CT molecular complexity index is 3030. The lowest BCUT2D eigenvalue weighted by molar-refractivity contribution is 0.680. The van der Waals surface area contributed by atoms with E-state index in [4.69, 9.17) is 15.0 Å². The fourth-order valence-corrected chi connectivity index (χ4v) is 9.07. The third kappa shape index (κ3) is 10.5. The fraction of sp³-hybridized carbons (Fsp3) is 0.0952. The summed E-state index contributed by atoms with van der Waals surface area (Å²) in [4.78, 5) is 18.6. The van der Waals surface area contributed by atoms with Crippen LogP contribution in [-0.2, 0) is 12.8 Å². The third-order valence-electron chi connectivity index (χ3n) is 12.4. The van der Waals surface area contributed by atoms with E-state index in [1.165, 1.54) is 16.7 Å². The van der Waals surface area contributed by atoms with Gasteiger partial charge in [0.1, 0.15) is 0 Å². The van der Waals surface area contributed by atoms with E-state index in [9.17, 15) is 0 Å². The van der Waals surface area contributed by atoms with Gasteiger partial charge >= 0.3 is 0 Å². The number of anilines is 3. The minimum Gasteiger partial charge on any atom is -0.310 e. The molecule has 4 nitrogen and oxygen atoms in total. The minimum atomic E-state index is 0.299. The van der Waals surface area contributed by atoms with Crippen LogP contribution in [0, 0.1) is 0 Å². The number of para-hydroxylation sites is 2. The van der Waals surface area contributed by atoms with Crippen LogP contribution in [0.5, 0.6) is 0 Å². The summed E-state index contributed by atoms with van der Waals surface area (Å²) in [6, 6.07) is 83.8. The van der Waals surface area contributed by atoms with Gasteiger partial charge in [-0.1, -0.05) is 194 Å². The van der Waals surface area contributed by atoms with Gasteiger partial charge in [-0.25, -0.2) is 15.0 Å². The zero-order chi connectivity index (χ0) is 45.0. The number of benzene rings is 8. The molecule has 1 aliphatic heterocycles. The first-order chi connectivity index (χ1) is 33.2. The molecule has 9 aromatic rings. The van der Waals surface area contributed by atoms with E-state index in [0.29, 0.717) is 11.7 Å². The van der Waals surface area contributed by atoms with E-state index < -0.39 is 0 Å². The van der Waals surface area contributed by atoms with Crippen molar-refractivity contribution in [2.24, 2.45) is 4.99 Å². The first kappa shape index (κ1) is 42.7. The molecule has 1 aromatic heterocycles. The molecular weight excluding hydrogens is 813 g/mol. The third-order valence-corrected chi connectivity index (χ3v) is 12.4. The zero-order valence-corrected chi connectivity index (χ0v) is 37.6. The average Bonchev–Trinajstić information content (AvgIpc) is 3.52. The molecule has 0 N–H and O–H groups in total. The van der Waals surface area contributed by atoms with Crippen molar-refractivity contribution in [3.63, 3.8) is 0 Å². The Morgan fingerprint density at radius 1 is 0.433 bits per heavy atom. The molecule has 0 fully saturated rings. The quantitative estimate of drug-likeness (QED) is 0.116. The maximum atomic E-state index is 5.68. The number of hydrogen-bond acceptors (Lipinski definition) is 4. The predicted octanol–water partition coefficient (Wildman–Crippen LogP) is 15.9. The van der Waals surface area contributed by atoms with Crippen molar-refractivity contribution in [2.45, 2.75) is 38.0 Å². The van der Waals surface area contributed by atoms with Crippen LogP contribution < -0.4 is 4.90 Å². The molecule has 10 rings (SSSR count). The van der Waals surface area contributed by atoms with Crippen molar-refractivity contribution < 1.29 is 0 Å². The summed E-state index contributed by atoms with van der Waals surface area (Å²) in [5.41, 5.74) is 16.1. The summed E-state index contributed by atoms with van der Waals surface area (Å²) in [6.45, 7) is 0. The predicted molar refractivity (Wildman–Crippen MR) is 280 cm³/mol. The lowest BCUT2D eigenvalue weighted by atomic mass is 9.86. The number of nitrogens with zero attached hydrogens (tertiary/aromatic N) is 4. The molecule has 0 aliphatic carbocycles. The first-order valence-electron chi connectivity index (χ1n) is 23.4. The summed E-state index contributed by atoms with van der Waals surface area (Å²) >= 11 is 0. The van der Waals surface area contributed by atoms with Crippen LogP contribution in [0.2, 0.25) is 0 Å². The minimum absolute atomic E-state index is 0.299. The molecule has 1 aliphatic rings. The summed E-state index contributed by atoms with van der Waals surface area (Å²) in [7, 11) is 0. The van der Waals surface area contributed by atoms with Crippen LogP contribution in [0.1, 0.15) is 58.8 Å². The van der Waals surface area contributed by atoms with Crippen LogP contribution in [-0.4, -0.2) is 15.7 Å². The van der Waals surface area contributed by atoms with E-state index in [-0.39, 0.29) is 0 Å². The molecular formula is C63H52N4. The smallest absolute Gasteiger partial charge is 0.175 e. The Hall–Kier alpha value is -8.21. The second-order valence-electron chi connectivity index (χ2n) is 17.1. The Morgan fingerprint density at radius 2 is 0.925 bits per heavy atom. The number of rotatable bonds is 13. The molecule has 1 unspecified atom stereocenters. The van der Waals surface area contributed by atoms with Gasteiger partial charge in [0, 0.05) is 33.8 Å². The number of hydrogen-bond donors (Lipinski definition) is 0. The van der Waals surface area contributed by atoms with Crippen LogP contribution in [0.3, 0.4) is 0 Å². The van der Waals surface area contributed by atoms with Gasteiger partial charge in [-0.05, 0) is 120 Å². The van der Waals surface area contributed by atoms with Crippen molar-refractivity contribution in [1.82, 2.24) is 9.97 Å². The lowest BCUT2D eigenvalue weighted by Crippen LogP contribution is -2.10. The van der Waals surface area contributed by atoms with Gasteiger partial charge in [0.25, 0.3) is 0 Å². The normalized spacial score (nSPS) is 14.8. The van der Waals surface area contributed by atoms with Crippen LogP contribution in [0.25, 0.3) is 33.8 Å². The molecule has 1 atom stereocenters. The fourth-order valence-electron chi connectivity index (χ4n) is 9.07. The molecule has 324 valence electrons. The largest absolute Gasteiger partial charge is 0.310 e. The van der Waals surface area contributed by atoms with Gasteiger partial charge in [-0.2, -0.15) is 0 Å². The van der Waals surface area contributed by atoms with Crippen LogP contribution in [0.4, 0.5) is 17.1 Å². The monoisotopic (exact) mass is 864 g/mol. The van der Waals surface area contributed by atoms with Crippen molar-refractivity contribution in [1.29, 1.82) is 0 Å². The van der Waals surface area contributed by atoms with Crippen LogP contribution >= 0.6 is 0 Å². The van der Waals surface area contributed by atoms with Crippen molar-refractivity contribution in [3.05, 3.63) is 282 Å². The molecule has 2 heterocycles. The Labute approximate surface area is 395 Å². The summed E-state index contributed by atoms with van der Waals surface area (Å²) in [6.07, 6.45) is 8.99. The molecule has 8 aromatic carbocycles. The topological polar surface area (TPSA) is 41.4 Å². The Balaban J connectivity index is 1.10. The molecule has 0 saturated carbocycles. The maximum absolute atomic E-state index is 5.68. The van der Waals surface area contributed by atoms with Crippen molar-refractivity contribution >= 4 is 34.0 Å². The lowest BCUT2D eigenvalue weighted by Gasteiger charge is -2.26. The molecule has 0 amide bonds. The van der Waals surface area contributed by atoms with Gasteiger partial charge in [0.15, 0.2) is 5.82 Å². The van der Waals surface area contributed by atoms with E-state index >= 15 is 0 Å². The van der Waals surface area contributed by atoms with Gasteiger partial charge in [0.2, 0.25) is 0 Å². The highest BCUT2D eigenvalue weighted by Gasteiger charge is 2.20. The number of aromatic nitrogens is 2. The Kier molecular flexibility index (Phi) is 13.2. The van der Waals surface area contributed by atoms with E-state index in [1.54, 1.807) is 0 Å². The standard InChI is InChI=1S/C63H52N4/c1-7-23-47(24-8-1)41-55(49-26-9-2-10-27-49)43-48-25-21-34-54(42-48)60-45-53(52-33-22-39-58(44-52)67(56-35-15-5-16-36-56)57-37-17-6-18-38-57)32-19-20-40-59(64-60)63-65-61(50-28-11-3-12-29-50)46-62(66-63)51-30-13-4-14-31-51/h1-18,21-39,42,44-46,55H,19-20,40-41,43H2/b53-32+,60-45-,64-59?. The summed E-state index contributed by atoms with van der Waals surface area (Å²) < 4.78 is 0. The SMILES string of the molecule is C1=C(/c2cccc(CC(Cc3ccccc3)c3ccccc3)c2)N=C(c2nc(-c3ccccc3)cc(-c3ccccc3)n2)CCC\C=C/1c1cccc(N(c2ccccc2)c2ccccc2)c1. The van der Waals surface area contributed by atoms with Crippen molar-refractivity contribution in [3.8, 4) is 22.5 Å². The van der Waals surface area contributed by atoms with Gasteiger partial charge in [-0.3, -0.25) is 0 Å². The molecule has 0 saturated heterocycles. The van der Waals surface area contributed by atoms with Gasteiger partial charge in [-0.15, -0.1) is 0 Å². The highest BCUT2D eigenvalue weighted by molar-refractivity contribution is 6.02. The summed E-state index contributed by atoms with van der Waals surface area (Å²) in [5.74, 6) is 0.953. The number of allylic oxidation sites excluding steroid dienone is 3. The second-order valence-corrected chi connectivity index (χ2v) is 17.1. The molecule has 0 spiro atoms. The second kappa shape index (κ2) is 20.7. The van der Waals surface area contributed by atoms with Gasteiger partial charge < -0.3 is 4.90 Å². The first-order valence-corrected chi connectivity index (χ1v) is 23.4. The van der Waals surface area contributed by atoms with Crippen molar-refractivity contribution in [2.75, 3.05) is 4.90 Å². The summed E-state index contributed by atoms with van der Waals surface area (Å²) in [5, 5.41) is 0. The van der Waals surface area contributed by atoms with E-state index in [0.717, 1.165) is 99.8 Å². The number of aliphatic imine (C=N–C) groups is 1. The zero-order valence-electron chi connectivity index (χ0n) is 37.6. The Morgan fingerprint density at radius 3 is 1.55 bits per heavy atom.